The van der Waals surface area contributed by atoms with Crippen molar-refractivity contribution in [1.29, 1.82) is 0 Å². The second-order valence-electron chi connectivity index (χ2n) is 5.65. The van der Waals surface area contributed by atoms with Gasteiger partial charge in [0.15, 0.2) is 0 Å². The highest BCUT2D eigenvalue weighted by molar-refractivity contribution is 7.99. The Hall–Kier alpha value is -2.56. The van der Waals surface area contributed by atoms with Gasteiger partial charge in [-0.25, -0.2) is 4.79 Å². The van der Waals surface area contributed by atoms with Crippen molar-refractivity contribution in [1.82, 2.24) is 0 Å². The smallest absolute Gasteiger partial charge is 0.338 e. The van der Waals surface area contributed by atoms with E-state index in [1.807, 2.05) is 42.5 Å². The van der Waals surface area contributed by atoms with E-state index in [0.717, 1.165) is 20.4 Å². The number of ether oxygens (including phenoxy) is 1. The van der Waals surface area contributed by atoms with Crippen LogP contribution in [0.3, 0.4) is 0 Å². The standard InChI is InChI=1S/C22H18ClNO2S/c1-2-26-22(25)17-4-3-5-19(14-17)24-15-16-6-10-20(11-7-16)27-21-12-8-18(23)9-13-21/h3-15H,2H2,1H3. The summed E-state index contributed by atoms with van der Waals surface area (Å²) in [5.74, 6) is -0.335. The molecule has 0 bridgehead atoms. The van der Waals surface area contributed by atoms with Gasteiger partial charge in [0.1, 0.15) is 0 Å². The number of benzene rings is 3. The molecule has 0 aliphatic rings. The molecular formula is C22H18ClNO2S. The Balaban J connectivity index is 1.66. The lowest BCUT2D eigenvalue weighted by atomic mass is 10.2. The van der Waals surface area contributed by atoms with Gasteiger partial charge in [-0.15, -0.1) is 0 Å². The zero-order valence-corrected chi connectivity index (χ0v) is 16.3. The van der Waals surface area contributed by atoms with Gasteiger partial charge in [-0.05, 0) is 67.1 Å². The van der Waals surface area contributed by atoms with Gasteiger partial charge in [-0.3, -0.25) is 4.99 Å². The molecule has 0 atom stereocenters. The molecule has 0 amide bonds. The van der Waals surface area contributed by atoms with E-state index in [4.69, 9.17) is 16.3 Å². The summed E-state index contributed by atoms with van der Waals surface area (Å²) in [6, 6.07) is 23.0. The molecule has 3 aromatic rings. The van der Waals surface area contributed by atoms with Gasteiger partial charge in [0.05, 0.1) is 17.9 Å². The van der Waals surface area contributed by atoms with E-state index in [2.05, 4.69) is 17.1 Å². The number of aliphatic imine (C=N–C) groups is 1. The highest BCUT2D eigenvalue weighted by Gasteiger charge is 2.06. The maximum atomic E-state index is 11.8. The third-order valence-corrected chi connectivity index (χ3v) is 4.92. The molecule has 3 nitrogen and oxygen atoms in total. The Kier molecular flexibility index (Phi) is 6.69. The molecule has 0 fully saturated rings. The molecule has 0 spiro atoms. The highest BCUT2D eigenvalue weighted by atomic mass is 35.5. The van der Waals surface area contributed by atoms with Crippen LogP contribution < -0.4 is 0 Å². The summed E-state index contributed by atoms with van der Waals surface area (Å²) in [4.78, 5) is 18.5. The van der Waals surface area contributed by atoms with E-state index >= 15 is 0 Å². The number of carbonyl (C=O) groups is 1. The lowest BCUT2D eigenvalue weighted by Crippen LogP contribution is -2.03. The van der Waals surface area contributed by atoms with Gasteiger partial charge in [0, 0.05) is 21.0 Å². The zero-order valence-electron chi connectivity index (χ0n) is 14.8. The third kappa shape index (κ3) is 5.71. The number of halogens is 1. The van der Waals surface area contributed by atoms with Gasteiger partial charge in [-0.2, -0.15) is 0 Å². The van der Waals surface area contributed by atoms with Crippen molar-refractivity contribution in [3.63, 3.8) is 0 Å². The lowest BCUT2D eigenvalue weighted by Gasteiger charge is -2.03. The Morgan fingerprint density at radius 3 is 2.37 bits per heavy atom. The summed E-state index contributed by atoms with van der Waals surface area (Å²) in [5, 5.41) is 0.734. The van der Waals surface area contributed by atoms with E-state index < -0.39 is 0 Å². The molecule has 0 radical (unpaired) electrons. The van der Waals surface area contributed by atoms with E-state index in [0.29, 0.717) is 17.9 Å². The fourth-order valence-electron chi connectivity index (χ4n) is 2.34. The van der Waals surface area contributed by atoms with Crippen LogP contribution in [0.4, 0.5) is 5.69 Å². The fourth-order valence-corrected chi connectivity index (χ4v) is 3.28. The summed E-state index contributed by atoms with van der Waals surface area (Å²) in [6.07, 6.45) is 1.78. The van der Waals surface area contributed by atoms with Crippen LogP contribution in [-0.2, 0) is 4.74 Å². The lowest BCUT2D eigenvalue weighted by molar-refractivity contribution is 0.0526. The van der Waals surface area contributed by atoms with E-state index in [1.165, 1.54) is 0 Å². The van der Waals surface area contributed by atoms with Crippen molar-refractivity contribution in [2.75, 3.05) is 6.61 Å². The minimum absolute atomic E-state index is 0.335. The fraction of sp³-hybridized carbons (Fsp3) is 0.0909. The SMILES string of the molecule is CCOC(=O)c1cccc(N=Cc2ccc(Sc3ccc(Cl)cc3)cc2)c1. The van der Waals surface area contributed by atoms with Gasteiger partial charge >= 0.3 is 5.97 Å². The van der Waals surface area contributed by atoms with Crippen molar-refractivity contribution in [3.05, 3.63) is 88.9 Å². The minimum Gasteiger partial charge on any atom is -0.462 e. The van der Waals surface area contributed by atoms with Crippen LogP contribution in [0.2, 0.25) is 5.02 Å². The average Bonchev–Trinajstić information content (AvgIpc) is 2.70. The number of rotatable bonds is 6. The molecule has 0 unspecified atom stereocenters. The first-order valence-electron chi connectivity index (χ1n) is 8.49. The first-order valence-corrected chi connectivity index (χ1v) is 9.68. The molecule has 0 aliphatic carbocycles. The summed E-state index contributed by atoms with van der Waals surface area (Å²) in [6.45, 7) is 2.14. The molecule has 0 aromatic heterocycles. The Morgan fingerprint density at radius 1 is 1.04 bits per heavy atom. The minimum atomic E-state index is -0.335. The Labute approximate surface area is 168 Å². The predicted molar refractivity (Wildman–Crippen MR) is 112 cm³/mol. The van der Waals surface area contributed by atoms with E-state index in [9.17, 15) is 4.79 Å². The number of hydrogen-bond acceptors (Lipinski definition) is 4. The van der Waals surface area contributed by atoms with Gasteiger partial charge < -0.3 is 4.74 Å². The van der Waals surface area contributed by atoms with Crippen LogP contribution in [0.25, 0.3) is 0 Å². The number of hydrogen-bond donors (Lipinski definition) is 0. The molecule has 27 heavy (non-hydrogen) atoms. The summed E-state index contributed by atoms with van der Waals surface area (Å²) >= 11 is 7.59. The zero-order chi connectivity index (χ0) is 19.1. The summed E-state index contributed by atoms with van der Waals surface area (Å²) in [7, 11) is 0. The second-order valence-corrected chi connectivity index (χ2v) is 7.24. The molecule has 0 heterocycles. The normalized spacial score (nSPS) is 10.9. The van der Waals surface area contributed by atoms with Gasteiger partial charge in [0.2, 0.25) is 0 Å². The molecule has 0 saturated heterocycles. The topological polar surface area (TPSA) is 38.7 Å². The van der Waals surface area contributed by atoms with Crippen molar-refractivity contribution < 1.29 is 9.53 Å². The predicted octanol–water partition coefficient (Wildman–Crippen LogP) is 6.42. The molecule has 136 valence electrons. The Morgan fingerprint density at radius 2 is 1.70 bits per heavy atom. The van der Waals surface area contributed by atoms with E-state index in [1.54, 1.807) is 43.1 Å². The molecule has 0 saturated carbocycles. The number of esters is 1. The molecule has 3 aromatic carbocycles. The van der Waals surface area contributed by atoms with E-state index in [-0.39, 0.29) is 5.97 Å². The summed E-state index contributed by atoms with van der Waals surface area (Å²) < 4.78 is 5.01. The third-order valence-electron chi connectivity index (χ3n) is 3.65. The molecular weight excluding hydrogens is 378 g/mol. The average molecular weight is 396 g/mol. The van der Waals surface area contributed by atoms with Gasteiger partial charge in [0.25, 0.3) is 0 Å². The van der Waals surface area contributed by atoms with Crippen LogP contribution in [-0.4, -0.2) is 18.8 Å². The molecule has 0 N–H and O–H groups in total. The van der Waals surface area contributed by atoms with Crippen LogP contribution in [0.1, 0.15) is 22.8 Å². The second kappa shape index (κ2) is 9.40. The maximum Gasteiger partial charge on any atom is 0.338 e. The number of nitrogens with zero attached hydrogens (tertiary/aromatic N) is 1. The molecule has 0 aliphatic heterocycles. The van der Waals surface area contributed by atoms with Crippen LogP contribution in [0.15, 0.2) is 87.6 Å². The quantitative estimate of drug-likeness (QED) is 0.357. The van der Waals surface area contributed by atoms with Crippen LogP contribution in [0.5, 0.6) is 0 Å². The van der Waals surface area contributed by atoms with Crippen LogP contribution in [0, 0.1) is 0 Å². The highest BCUT2D eigenvalue weighted by Crippen LogP contribution is 2.28. The van der Waals surface area contributed by atoms with Gasteiger partial charge in [-0.1, -0.05) is 41.6 Å². The van der Waals surface area contributed by atoms with Crippen molar-refractivity contribution >= 4 is 41.2 Å². The maximum absolute atomic E-state index is 11.8. The molecule has 3 rings (SSSR count). The first kappa shape index (κ1) is 19.2. The van der Waals surface area contributed by atoms with Crippen LogP contribution >= 0.6 is 23.4 Å². The monoisotopic (exact) mass is 395 g/mol. The van der Waals surface area contributed by atoms with Crippen molar-refractivity contribution in [2.24, 2.45) is 4.99 Å². The molecule has 5 heteroatoms. The Bertz CT molecular complexity index is 937. The largest absolute Gasteiger partial charge is 0.462 e. The first-order chi connectivity index (χ1) is 13.1. The number of carbonyl (C=O) groups excluding carboxylic acids is 1. The van der Waals surface area contributed by atoms with Crippen molar-refractivity contribution in [3.8, 4) is 0 Å². The summed E-state index contributed by atoms with van der Waals surface area (Å²) in [5.41, 5.74) is 2.19. The van der Waals surface area contributed by atoms with Crippen molar-refractivity contribution in [2.45, 2.75) is 16.7 Å².